The van der Waals surface area contributed by atoms with Gasteiger partial charge in [0.2, 0.25) is 0 Å². The van der Waals surface area contributed by atoms with Gasteiger partial charge in [-0.25, -0.2) is 0 Å². The van der Waals surface area contributed by atoms with Gasteiger partial charge in [-0.1, -0.05) is 19.1 Å². The fourth-order valence-corrected chi connectivity index (χ4v) is 5.26. The van der Waals surface area contributed by atoms with Crippen LogP contribution >= 0.6 is 0 Å². The average molecular weight is 286 g/mol. The maximum Gasteiger partial charge on any atom is 0.119 e. The maximum absolute atomic E-state index is 5.90. The normalized spacial score (nSPS) is 37.3. The summed E-state index contributed by atoms with van der Waals surface area (Å²) in [5.74, 6) is 11.5. The van der Waals surface area contributed by atoms with Gasteiger partial charge in [0.05, 0.1) is 6.61 Å². The standard InChI is InChI=1S/C18H26N2O/c1-2-9-21-14-7-5-11(6-8-14)18(20-19)17-15-12-3-4-13(10-12)16(15)17/h5-8,12-13,15-18,20H,2-4,9-10,19H2,1H3. The molecule has 3 N–H and O–H groups in total. The summed E-state index contributed by atoms with van der Waals surface area (Å²) in [6.45, 7) is 2.91. The topological polar surface area (TPSA) is 47.3 Å². The molecule has 0 aliphatic heterocycles. The van der Waals surface area contributed by atoms with Crippen molar-refractivity contribution in [3.05, 3.63) is 29.8 Å². The second kappa shape index (κ2) is 5.29. The van der Waals surface area contributed by atoms with Crippen molar-refractivity contribution in [1.29, 1.82) is 0 Å². The number of nitrogens with two attached hydrogens (primary N) is 1. The van der Waals surface area contributed by atoms with Crippen molar-refractivity contribution in [1.82, 2.24) is 5.43 Å². The number of fused-ring (bicyclic) bond motifs is 5. The molecular weight excluding hydrogens is 260 g/mol. The number of hydrogen-bond donors (Lipinski definition) is 2. The molecule has 5 unspecified atom stereocenters. The Bertz CT molecular complexity index is 484. The monoisotopic (exact) mass is 286 g/mol. The molecule has 0 amide bonds. The van der Waals surface area contributed by atoms with Crippen molar-refractivity contribution >= 4 is 0 Å². The molecule has 3 aliphatic rings. The molecule has 0 heterocycles. The Labute approximate surface area is 127 Å². The molecule has 0 spiro atoms. The maximum atomic E-state index is 5.90. The molecule has 0 aromatic heterocycles. The number of rotatable bonds is 6. The Morgan fingerprint density at radius 3 is 2.43 bits per heavy atom. The highest BCUT2D eigenvalue weighted by molar-refractivity contribution is 5.32. The van der Waals surface area contributed by atoms with E-state index in [-0.39, 0.29) is 0 Å². The summed E-state index contributed by atoms with van der Waals surface area (Å²) in [7, 11) is 0. The molecule has 3 heteroatoms. The highest BCUT2D eigenvalue weighted by atomic mass is 16.5. The third kappa shape index (κ3) is 2.18. The summed E-state index contributed by atoms with van der Waals surface area (Å²) in [4.78, 5) is 0. The molecule has 3 nitrogen and oxygen atoms in total. The Hall–Kier alpha value is -1.06. The van der Waals surface area contributed by atoms with Crippen LogP contribution in [0, 0.1) is 29.6 Å². The van der Waals surface area contributed by atoms with Crippen LogP contribution in [0.25, 0.3) is 0 Å². The van der Waals surface area contributed by atoms with Gasteiger partial charge < -0.3 is 4.74 Å². The highest BCUT2D eigenvalue weighted by Gasteiger charge is 2.66. The van der Waals surface area contributed by atoms with Crippen molar-refractivity contribution in [2.75, 3.05) is 6.61 Å². The Morgan fingerprint density at radius 2 is 1.86 bits per heavy atom. The lowest BCUT2D eigenvalue weighted by Gasteiger charge is -2.20. The first kappa shape index (κ1) is 13.6. The van der Waals surface area contributed by atoms with Crippen LogP contribution in [0.3, 0.4) is 0 Å². The van der Waals surface area contributed by atoms with Crippen molar-refractivity contribution in [3.8, 4) is 5.75 Å². The zero-order valence-electron chi connectivity index (χ0n) is 12.8. The van der Waals surface area contributed by atoms with Crippen LogP contribution in [0.15, 0.2) is 24.3 Å². The van der Waals surface area contributed by atoms with E-state index in [0.717, 1.165) is 48.4 Å². The molecule has 3 aliphatic carbocycles. The van der Waals surface area contributed by atoms with E-state index in [1.807, 2.05) is 0 Å². The summed E-state index contributed by atoms with van der Waals surface area (Å²) in [5.41, 5.74) is 4.42. The molecule has 3 fully saturated rings. The van der Waals surface area contributed by atoms with Crippen molar-refractivity contribution < 1.29 is 4.74 Å². The second-order valence-electron chi connectivity index (χ2n) is 7.13. The number of hydrazine groups is 1. The van der Waals surface area contributed by atoms with Crippen LogP contribution in [0.2, 0.25) is 0 Å². The first-order chi connectivity index (χ1) is 10.3. The van der Waals surface area contributed by atoms with Crippen LogP contribution in [-0.4, -0.2) is 6.61 Å². The summed E-state index contributed by atoms with van der Waals surface area (Å²) < 4.78 is 5.67. The van der Waals surface area contributed by atoms with Gasteiger partial charge in [0, 0.05) is 6.04 Å². The summed E-state index contributed by atoms with van der Waals surface area (Å²) >= 11 is 0. The predicted molar refractivity (Wildman–Crippen MR) is 83.6 cm³/mol. The number of hydrogen-bond acceptors (Lipinski definition) is 3. The van der Waals surface area contributed by atoms with E-state index in [2.05, 4.69) is 36.6 Å². The van der Waals surface area contributed by atoms with Crippen LogP contribution in [0.1, 0.15) is 44.2 Å². The molecule has 21 heavy (non-hydrogen) atoms. The predicted octanol–water partition coefficient (Wildman–Crippen LogP) is 3.27. The second-order valence-corrected chi connectivity index (χ2v) is 7.13. The largest absolute Gasteiger partial charge is 0.494 e. The van der Waals surface area contributed by atoms with Gasteiger partial charge in [0.15, 0.2) is 0 Å². The molecule has 4 rings (SSSR count). The van der Waals surface area contributed by atoms with Crippen LogP contribution in [0.4, 0.5) is 0 Å². The van der Waals surface area contributed by atoms with Gasteiger partial charge in [-0.2, -0.15) is 0 Å². The third-order valence-corrected chi connectivity index (χ3v) is 6.07. The molecule has 114 valence electrons. The average Bonchev–Trinajstić information content (AvgIpc) is 2.93. The van der Waals surface area contributed by atoms with E-state index in [1.165, 1.54) is 24.8 Å². The van der Waals surface area contributed by atoms with Gasteiger partial charge in [0.1, 0.15) is 5.75 Å². The van der Waals surface area contributed by atoms with Crippen LogP contribution < -0.4 is 16.0 Å². The van der Waals surface area contributed by atoms with Crippen molar-refractivity contribution in [2.24, 2.45) is 35.4 Å². The van der Waals surface area contributed by atoms with E-state index in [0.29, 0.717) is 6.04 Å². The van der Waals surface area contributed by atoms with Crippen LogP contribution in [0.5, 0.6) is 5.75 Å². The first-order valence-electron chi connectivity index (χ1n) is 8.52. The molecule has 1 aromatic rings. The fraction of sp³-hybridized carbons (Fsp3) is 0.667. The van der Waals surface area contributed by atoms with E-state index in [9.17, 15) is 0 Å². The van der Waals surface area contributed by atoms with Gasteiger partial charge in [-0.05, 0) is 73.0 Å². The number of benzene rings is 1. The minimum Gasteiger partial charge on any atom is -0.494 e. The lowest BCUT2D eigenvalue weighted by Crippen LogP contribution is -2.31. The van der Waals surface area contributed by atoms with Crippen LogP contribution in [-0.2, 0) is 0 Å². The van der Waals surface area contributed by atoms with Crippen molar-refractivity contribution in [3.63, 3.8) is 0 Å². The molecule has 0 saturated heterocycles. The van der Waals surface area contributed by atoms with E-state index in [4.69, 9.17) is 10.6 Å². The molecular formula is C18H26N2O. The summed E-state index contributed by atoms with van der Waals surface area (Å²) in [6, 6.07) is 8.87. The Morgan fingerprint density at radius 1 is 1.19 bits per heavy atom. The first-order valence-corrected chi connectivity index (χ1v) is 8.52. The minimum atomic E-state index is 0.323. The Kier molecular flexibility index (Phi) is 3.43. The van der Waals surface area contributed by atoms with E-state index < -0.39 is 0 Å². The van der Waals surface area contributed by atoms with Gasteiger partial charge in [-0.3, -0.25) is 11.3 Å². The zero-order chi connectivity index (χ0) is 14.4. The summed E-state index contributed by atoms with van der Waals surface area (Å²) in [5, 5.41) is 0. The van der Waals surface area contributed by atoms with Crippen molar-refractivity contribution in [2.45, 2.75) is 38.6 Å². The van der Waals surface area contributed by atoms with Gasteiger partial charge >= 0.3 is 0 Å². The molecule has 5 atom stereocenters. The SMILES string of the molecule is CCCOc1ccc(C(NN)C2C3C4CCC(C4)C32)cc1. The number of nitrogens with one attached hydrogen (secondary N) is 1. The quantitative estimate of drug-likeness (QED) is 0.623. The molecule has 0 radical (unpaired) electrons. The lowest BCUT2D eigenvalue weighted by molar-refractivity contribution is 0.317. The lowest BCUT2D eigenvalue weighted by atomic mass is 9.93. The Balaban J connectivity index is 1.47. The zero-order valence-corrected chi connectivity index (χ0v) is 12.8. The molecule has 2 bridgehead atoms. The molecule has 1 aromatic carbocycles. The fourth-order valence-electron chi connectivity index (χ4n) is 5.26. The highest BCUT2D eigenvalue weighted by Crippen LogP contribution is 2.72. The number of ether oxygens (including phenoxy) is 1. The summed E-state index contributed by atoms with van der Waals surface area (Å²) in [6.07, 6.45) is 5.46. The van der Waals surface area contributed by atoms with E-state index in [1.54, 1.807) is 0 Å². The smallest absolute Gasteiger partial charge is 0.119 e. The minimum absolute atomic E-state index is 0.323. The van der Waals surface area contributed by atoms with Gasteiger partial charge in [-0.15, -0.1) is 0 Å². The third-order valence-electron chi connectivity index (χ3n) is 6.07. The molecule has 3 saturated carbocycles. The van der Waals surface area contributed by atoms with E-state index >= 15 is 0 Å². The van der Waals surface area contributed by atoms with Gasteiger partial charge in [0.25, 0.3) is 0 Å².